The lowest BCUT2D eigenvalue weighted by atomic mass is 9.90. The van der Waals surface area contributed by atoms with E-state index in [1.54, 1.807) is 0 Å². The van der Waals surface area contributed by atoms with Gasteiger partial charge in [-0.25, -0.2) is 0 Å². The van der Waals surface area contributed by atoms with Gasteiger partial charge in [-0.2, -0.15) is 0 Å². The van der Waals surface area contributed by atoms with Gasteiger partial charge in [-0.1, -0.05) is 17.2 Å². The van der Waals surface area contributed by atoms with Gasteiger partial charge >= 0.3 is 0 Å². The minimum atomic E-state index is 0.0706. The molecule has 1 saturated carbocycles. The van der Waals surface area contributed by atoms with Crippen molar-refractivity contribution in [3.63, 3.8) is 0 Å². The molecule has 1 fully saturated rings. The molecule has 1 aromatic rings. The zero-order valence-corrected chi connectivity index (χ0v) is 13.1. The Labute approximate surface area is 122 Å². The van der Waals surface area contributed by atoms with Crippen LogP contribution in [0.3, 0.4) is 0 Å². The van der Waals surface area contributed by atoms with Crippen LogP contribution in [-0.2, 0) is 0 Å². The molecule has 0 heterocycles. The molecule has 0 spiro atoms. The van der Waals surface area contributed by atoms with Gasteiger partial charge in [0, 0.05) is 17.6 Å². The van der Waals surface area contributed by atoms with Crippen LogP contribution >= 0.6 is 0 Å². The largest absolute Gasteiger partial charge is 0.349 e. The maximum absolute atomic E-state index is 12.4. The van der Waals surface area contributed by atoms with Crippen LogP contribution in [-0.4, -0.2) is 37.0 Å². The first-order valence-electron chi connectivity index (χ1n) is 7.51. The highest BCUT2D eigenvalue weighted by atomic mass is 16.1. The van der Waals surface area contributed by atoms with Crippen molar-refractivity contribution in [3.05, 3.63) is 34.9 Å². The molecule has 3 nitrogen and oxygen atoms in total. The maximum Gasteiger partial charge on any atom is 0.251 e. The molecule has 0 radical (unpaired) electrons. The Bertz CT molecular complexity index is 462. The summed E-state index contributed by atoms with van der Waals surface area (Å²) in [6.45, 7) is 4.07. The van der Waals surface area contributed by atoms with Crippen molar-refractivity contribution >= 4 is 5.91 Å². The summed E-state index contributed by atoms with van der Waals surface area (Å²) in [6, 6.07) is 6.93. The second-order valence-corrected chi connectivity index (χ2v) is 6.33. The van der Waals surface area contributed by atoms with Gasteiger partial charge in [0.2, 0.25) is 0 Å². The van der Waals surface area contributed by atoms with Crippen molar-refractivity contribution in [2.75, 3.05) is 14.1 Å². The molecule has 0 aliphatic heterocycles. The van der Waals surface area contributed by atoms with Gasteiger partial charge in [0.15, 0.2) is 0 Å². The lowest BCUT2D eigenvalue weighted by Crippen LogP contribution is -2.43. The molecule has 2 atom stereocenters. The number of rotatable bonds is 3. The lowest BCUT2D eigenvalue weighted by molar-refractivity contribution is 0.0911. The second-order valence-electron chi connectivity index (χ2n) is 6.33. The fourth-order valence-electron chi connectivity index (χ4n) is 3.14. The Kier molecular flexibility index (Phi) is 4.81. The van der Waals surface area contributed by atoms with Crippen LogP contribution in [0.2, 0.25) is 0 Å². The normalized spacial score (nSPS) is 22.9. The van der Waals surface area contributed by atoms with Gasteiger partial charge in [-0.3, -0.25) is 4.79 Å². The van der Waals surface area contributed by atoms with E-state index < -0.39 is 0 Å². The summed E-state index contributed by atoms with van der Waals surface area (Å²) in [5.74, 6) is 0.0706. The molecule has 1 aliphatic carbocycles. The van der Waals surface area contributed by atoms with Crippen LogP contribution in [0.4, 0.5) is 0 Å². The number of carbonyl (C=O) groups is 1. The summed E-state index contributed by atoms with van der Waals surface area (Å²) in [5, 5.41) is 3.21. The summed E-state index contributed by atoms with van der Waals surface area (Å²) in [5.41, 5.74) is 3.07. The number of benzene rings is 1. The molecule has 3 heteroatoms. The first-order chi connectivity index (χ1) is 9.45. The molecular formula is C17H26N2O. The zero-order chi connectivity index (χ0) is 14.7. The summed E-state index contributed by atoms with van der Waals surface area (Å²) < 4.78 is 0. The van der Waals surface area contributed by atoms with Crippen LogP contribution in [0.1, 0.15) is 47.2 Å². The average molecular weight is 274 g/mol. The first kappa shape index (κ1) is 15.0. The average Bonchev–Trinajstić information content (AvgIpc) is 2.37. The topological polar surface area (TPSA) is 32.3 Å². The van der Waals surface area contributed by atoms with Crippen LogP contribution in [0.25, 0.3) is 0 Å². The highest BCUT2D eigenvalue weighted by Gasteiger charge is 2.24. The monoisotopic (exact) mass is 274 g/mol. The van der Waals surface area contributed by atoms with Crippen molar-refractivity contribution in [1.82, 2.24) is 10.2 Å². The second kappa shape index (κ2) is 6.40. The predicted octanol–water partition coefficient (Wildman–Crippen LogP) is 2.91. The van der Waals surface area contributed by atoms with E-state index in [0.717, 1.165) is 29.5 Å². The fraction of sp³-hybridized carbons (Fsp3) is 0.588. The third-order valence-electron chi connectivity index (χ3n) is 4.20. The molecule has 0 saturated heterocycles. The highest BCUT2D eigenvalue weighted by Crippen LogP contribution is 2.22. The molecule has 1 aromatic carbocycles. The number of hydrogen-bond acceptors (Lipinski definition) is 2. The smallest absolute Gasteiger partial charge is 0.251 e. The van der Waals surface area contributed by atoms with E-state index in [2.05, 4.69) is 30.4 Å². The van der Waals surface area contributed by atoms with E-state index in [-0.39, 0.29) is 5.91 Å². The molecule has 1 amide bonds. The van der Waals surface area contributed by atoms with E-state index in [1.165, 1.54) is 12.8 Å². The Hall–Kier alpha value is -1.35. The lowest BCUT2D eigenvalue weighted by Gasteiger charge is -2.33. The Morgan fingerprint density at radius 3 is 2.40 bits per heavy atom. The number of amides is 1. The van der Waals surface area contributed by atoms with Crippen LogP contribution in [0.5, 0.6) is 0 Å². The molecule has 2 unspecified atom stereocenters. The van der Waals surface area contributed by atoms with Crippen LogP contribution in [0, 0.1) is 13.8 Å². The predicted molar refractivity (Wildman–Crippen MR) is 83.1 cm³/mol. The maximum atomic E-state index is 12.4. The molecule has 0 aromatic heterocycles. The zero-order valence-electron chi connectivity index (χ0n) is 13.1. The van der Waals surface area contributed by atoms with Crippen LogP contribution < -0.4 is 5.32 Å². The van der Waals surface area contributed by atoms with E-state index in [4.69, 9.17) is 0 Å². The minimum absolute atomic E-state index is 0.0706. The van der Waals surface area contributed by atoms with Crippen molar-refractivity contribution in [1.29, 1.82) is 0 Å². The molecule has 1 N–H and O–H groups in total. The third-order valence-corrected chi connectivity index (χ3v) is 4.20. The van der Waals surface area contributed by atoms with Crippen molar-refractivity contribution in [3.8, 4) is 0 Å². The van der Waals surface area contributed by atoms with Crippen molar-refractivity contribution in [2.24, 2.45) is 0 Å². The Balaban J connectivity index is 2.00. The SMILES string of the molecule is Cc1cc(C)cc(C(=O)NC2CCCC(N(C)C)C2)c1. The summed E-state index contributed by atoms with van der Waals surface area (Å²) >= 11 is 0. The first-order valence-corrected chi connectivity index (χ1v) is 7.51. The molecular weight excluding hydrogens is 248 g/mol. The molecule has 0 bridgehead atoms. The molecule has 20 heavy (non-hydrogen) atoms. The fourth-order valence-corrected chi connectivity index (χ4v) is 3.14. The van der Waals surface area contributed by atoms with Gasteiger partial charge in [-0.15, -0.1) is 0 Å². The van der Waals surface area contributed by atoms with Crippen molar-refractivity contribution < 1.29 is 4.79 Å². The Morgan fingerprint density at radius 2 is 1.80 bits per heavy atom. The van der Waals surface area contributed by atoms with Crippen molar-refractivity contribution in [2.45, 2.75) is 51.6 Å². The molecule has 2 rings (SSSR count). The summed E-state index contributed by atoms with van der Waals surface area (Å²) in [6.07, 6.45) is 4.59. The van der Waals surface area contributed by atoms with E-state index >= 15 is 0 Å². The number of nitrogens with one attached hydrogen (secondary N) is 1. The Morgan fingerprint density at radius 1 is 1.15 bits per heavy atom. The van der Waals surface area contributed by atoms with Crippen LogP contribution in [0.15, 0.2) is 18.2 Å². The highest BCUT2D eigenvalue weighted by molar-refractivity contribution is 5.94. The van der Waals surface area contributed by atoms with Gasteiger partial charge in [0.25, 0.3) is 5.91 Å². The summed E-state index contributed by atoms with van der Waals surface area (Å²) in [4.78, 5) is 14.6. The number of hydrogen-bond donors (Lipinski definition) is 1. The van der Waals surface area contributed by atoms with Gasteiger partial charge in [0.05, 0.1) is 0 Å². The van der Waals surface area contributed by atoms with Gasteiger partial charge in [-0.05, 0) is 65.8 Å². The van der Waals surface area contributed by atoms with Gasteiger partial charge < -0.3 is 10.2 Å². The molecule has 110 valence electrons. The number of aryl methyl sites for hydroxylation is 2. The van der Waals surface area contributed by atoms with E-state index in [9.17, 15) is 4.79 Å². The number of nitrogens with zero attached hydrogens (tertiary/aromatic N) is 1. The minimum Gasteiger partial charge on any atom is -0.349 e. The van der Waals surface area contributed by atoms with E-state index in [1.807, 2.05) is 26.0 Å². The third kappa shape index (κ3) is 3.83. The van der Waals surface area contributed by atoms with Gasteiger partial charge in [0.1, 0.15) is 0 Å². The summed E-state index contributed by atoms with van der Waals surface area (Å²) in [7, 11) is 4.25. The van der Waals surface area contributed by atoms with E-state index in [0.29, 0.717) is 12.1 Å². The number of carbonyl (C=O) groups excluding carboxylic acids is 1. The molecule has 1 aliphatic rings. The quantitative estimate of drug-likeness (QED) is 0.919. The standard InChI is InChI=1S/C17H26N2O/c1-12-8-13(2)10-14(9-12)17(20)18-15-6-5-7-16(11-15)19(3)4/h8-10,15-16H,5-7,11H2,1-4H3,(H,18,20).